The maximum Gasteiger partial charge on any atom is 0.308 e. The zero-order valence-corrected chi connectivity index (χ0v) is 11.4. The number of hydrogen-bond donors (Lipinski definition) is 1. The van der Waals surface area contributed by atoms with E-state index < -0.39 is 11.9 Å². The first-order chi connectivity index (χ1) is 8.50. The highest BCUT2D eigenvalue weighted by Gasteiger charge is 2.30. The largest absolute Gasteiger partial charge is 0.481 e. The molecular weight excluding hydrogens is 250 g/mol. The van der Waals surface area contributed by atoms with Crippen molar-refractivity contribution in [2.45, 2.75) is 25.7 Å². The molecule has 1 fully saturated rings. The Kier molecular flexibility index (Phi) is 3.71. The second kappa shape index (κ2) is 5.10. The lowest BCUT2D eigenvalue weighted by atomic mass is 10.1. The number of amides is 1. The third-order valence-electron chi connectivity index (χ3n) is 3.22. The summed E-state index contributed by atoms with van der Waals surface area (Å²) in [6, 6.07) is 2.02. The van der Waals surface area contributed by atoms with Crippen LogP contribution >= 0.6 is 11.3 Å². The lowest BCUT2D eigenvalue weighted by Gasteiger charge is -2.19. The van der Waals surface area contributed by atoms with Gasteiger partial charge in [0.1, 0.15) is 0 Å². The number of carbonyl (C=O) groups excluding carboxylic acids is 1. The van der Waals surface area contributed by atoms with Crippen LogP contribution in [-0.4, -0.2) is 35.5 Å². The molecule has 1 aromatic heterocycles. The second-order valence-corrected chi connectivity index (χ2v) is 5.82. The van der Waals surface area contributed by atoms with Gasteiger partial charge in [-0.05, 0) is 35.8 Å². The molecule has 98 valence electrons. The van der Waals surface area contributed by atoms with Gasteiger partial charge < -0.3 is 10.0 Å². The molecule has 1 heterocycles. The molecule has 1 aliphatic carbocycles. The number of carboxylic acid groups (broad SMARTS) is 1. The van der Waals surface area contributed by atoms with E-state index in [1.54, 1.807) is 14.0 Å². The number of rotatable bonds is 5. The van der Waals surface area contributed by atoms with E-state index in [2.05, 4.69) is 0 Å². The Morgan fingerprint density at radius 1 is 1.56 bits per heavy atom. The molecule has 0 spiro atoms. The Balaban J connectivity index is 2.05. The first-order valence-corrected chi connectivity index (χ1v) is 6.94. The molecule has 1 aromatic rings. The van der Waals surface area contributed by atoms with E-state index in [0.29, 0.717) is 5.92 Å². The van der Waals surface area contributed by atoms with Crippen molar-refractivity contribution in [2.75, 3.05) is 13.6 Å². The van der Waals surface area contributed by atoms with Gasteiger partial charge in [-0.15, -0.1) is 11.3 Å². The Morgan fingerprint density at radius 2 is 2.22 bits per heavy atom. The van der Waals surface area contributed by atoms with Gasteiger partial charge in [0, 0.05) is 13.6 Å². The fraction of sp³-hybridized carbons (Fsp3) is 0.538. The number of thiophene rings is 1. The molecule has 0 bridgehead atoms. The van der Waals surface area contributed by atoms with Gasteiger partial charge in [-0.3, -0.25) is 9.59 Å². The lowest BCUT2D eigenvalue weighted by molar-refractivity contribution is -0.141. The fourth-order valence-corrected chi connectivity index (χ4v) is 2.93. The molecular formula is C13H17NO3S. The molecule has 0 unspecified atom stereocenters. The van der Waals surface area contributed by atoms with Crippen LogP contribution in [0.25, 0.3) is 0 Å². The van der Waals surface area contributed by atoms with E-state index in [9.17, 15) is 9.59 Å². The molecule has 0 radical (unpaired) electrons. The number of carboxylic acids is 1. The van der Waals surface area contributed by atoms with Gasteiger partial charge in [0.15, 0.2) is 0 Å². The highest BCUT2D eigenvalue weighted by atomic mass is 32.1. The molecule has 1 N–H and O–H groups in total. The summed E-state index contributed by atoms with van der Waals surface area (Å²) in [6.07, 6.45) is 2.32. The second-order valence-electron chi connectivity index (χ2n) is 4.90. The minimum atomic E-state index is -0.872. The fourth-order valence-electron chi connectivity index (χ4n) is 1.95. The zero-order valence-electron chi connectivity index (χ0n) is 10.5. The van der Waals surface area contributed by atoms with Crippen LogP contribution in [0.4, 0.5) is 0 Å². The predicted molar refractivity (Wildman–Crippen MR) is 70.1 cm³/mol. The first-order valence-electron chi connectivity index (χ1n) is 6.06. The average molecular weight is 267 g/mol. The van der Waals surface area contributed by atoms with Crippen molar-refractivity contribution in [2.24, 2.45) is 5.92 Å². The molecule has 2 rings (SSSR count). The van der Waals surface area contributed by atoms with Crippen molar-refractivity contribution in [1.82, 2.24) is 4.90 Å². The minimum absolute atomic E-state index is 0.0556. The summed E-state index contributed by atoms with van der Waals surface area (Å²) in [7, 11) is 1.66. The summed E-state index contributed by atoms with van der Waals surface area (Å²) >= 11 is 1.45. The third-order valence-corrected chi connectivity index (χ3v) is 4.14. The van der Waals surface area contributed by atoms with Gasteiger partial charge in [0.2, 0.25) is 0 Å². The summed E-state index contributed by atoms with van der Waals surface area (Å²) < 4.78 is 0. The molecule has 0 aliphatic heterocycles. The maximum atomic E-state index is 12.3. The van der Waals surface area contributed by atoms with Crippen LogP contribution < -0.4 is 0 Å². The standard InChI is InChI=1S/C13H17NO3S/c1-8(13(16)17)7-14(2)12(15)11-10(5-6-18-11)9-3-4-9/h5-6,8-9H,3-4,7H2,1-2H3,(H,16,17)/t8-/m0/s1. The highest BCUT2D eigenvalue weighted by molar-refractivity contribution is 7.12. The average Bonchev–Trinajstić information content (AvgIpc) is 3.05. The van der Waals surface area contributed by atoms with Gasteiger partial charge in [-0.25, -0.2) is 0 Å². The summed E-state index contributed by atoms with van der Waals surface area (Å²) in [5.41, 5.74) is 1.14. The van der Waals surface area contributed by atoms with Gasteiger partial charge in [-0.1, -0.05) is 6.92 Å². The van der Waals surface area contributed by atoms with E-state index in [4.69, 9.17) is 5.11 Å². The van der Waals surface area contributed by atoms with Crippen LogP contribution in [0.1, 0.15) is 40.9 Å². The van der Waals surface area contributed by atoms with Crippen LogP contribution in [-0.2, 0) is 4.79 Å². The van der Waals surface area contributed by atoms with Crippen LogP contribution in [0.3, 0.4) is 0 Å². The monoisotopic (exact) mass is 267 g/mol. The van der Waals surface area contributed by atoms with Crippen molar-refractivity contribution < 1.29 is 14.7 Å². The SMILES string of the molecule is C[C@@H](CN(C)C(=O)c1sccc1C1CC1)C(=O)O. The maximum absolute atomic E-state index is 12.3. The zero-order chi connectivity index (χ0) is 13.3. The quantitative estimate of drug-likeness (QED) is 0.891. The van der Waals surface area contributed by atoms with Crippen molar-refractivity contribution in [3.63, 3.8) is 0 Å². The smallest absolute Gasteiger partial charge is 0.308 e. The van der Waals surface area contributed by atoms with E-state index in [-0.39, 0.29) is 12.5 Å². The molecule has 0 aromatic carbocycles. The van der Waals surface area contributed by atoms with Crippen molar-refractivity contribution in [3.05, 3.63) is 21.9 Å². The summed E-state index contributed by atoms with van der Waals surface area (Å²) in [4.78, 5) is 25.3. The van der Waals surface area contributed by atoms with Crippen molar-refractivity contribution in [1.29, 1.82) is 0 Å². The van der Waals surface area contributed by atoms with Crippen LogP contribution in [0.2, 0.25) is 0 Å². The summed E-state index contributed by atoms with van der Waals surface area (Å²) in [6.45, 7) is 1.86. The van der Waals surface area contributed by atoms with Crippen LogP contribution in [0.5, 0.6) is 0 Å². The molecule has 4 nitrogen and oxygen atoms in total. The first kappa shape index (κ1) is 13.1. The van der Waals surface area contributed by atoms with E-state index in [0.717, 1.165) is 23.3 Å². The topological polar surface area (TPSA) is 57.6 Å². The van der Waals surface area contributed by atoms with E-state index >= 15 is 0 Å². The van der Waals surface area contributed by atoms with Crippen molar-refractivity contribution >= 4 is 23.2 Å². The highest BCUT2D eigenvalue weighted by Crippen LogP contribution is 2.43. The number of aliphatic carboxylic acids is 1. The van der Waals surface area contributed by atoms with Gasteiger partial charge in [0.25, 0.3) is 5.91 Å². The normalized spacial score (nSPS) is 16.3. The summed E-state index contributed by atoms with van der Waals surface area (Å²) in [5.74, 6) is -0.924. The lowest BCUT2D eigenvalue weighted by Crippen LogP contribution is -2.33. The number of hydrogen-bond acceptors (Lipinski definition) is 3. The Bertz CT molecular complexity index is 465. The minimum Gasteiger partial charge on any atom is -0.481 e. The molecule has 18 heavy (non-hydrogen) atoms. The Morgan fingerprint density at radius 3 is 2.78 bits per heavy atom. The Hall–Kier alpha value is -1.36. The van der Waals surface area contributed by atoms with Gasteiger partial charge >= 0.3 is 5.97 Å². The van der Waals surface area contributed by atoms with Crippen LogP contribution in [0, 0.1) is 5.92 Å². The molecule has 1 amide bonds. The van der Waals surface area contributed by atoms with Crippen molar-refractivity contribution in [3.8, 4) is 0 Å². The van der Waals surface area contributed by atoms with E-state index in [1.807, 2.05) is 11.4 Å². The third kappa shape index (κ3) is 2.72. The van der Waals surface area contributed by atoms with Gasteiger partial charge in [-0.2, -0.15) is 0 Å². The molecule has 0 saturated heterocycles. The summed E-state index contributed by atoms with van der Waals surface area (Å²) in [5, 5.41) is 10.8. The molecule has 1 aliphatic rings. The predicted octanol–water partition coefficient (Wildman–Crippen LogP) is 2.42. The van der Waals surface area contributed by atoms with Crippen LogP contribution in [0.15, 0.2) is 11.4 Å². The molecule has 1 atom stereocenters. The number of nitrogens with zero attached hydrogens (tertiary/aromatic N) is 1. The Labute approximate surface area is 110 Å². The molecule has 5 heteroatoms. The van der Waals surface area contributed by atoms with Gasteiger partial charge in [0.05, 0.1) is 10.8 Å². The molecule has 1 saturated carbocycles. The number of carbonyl (C=O) groups is 2. The van der Waals surface area contributed by atoms with E-state index in [1.165, 1.54) is 16.2 Å².